The molecule has 1 rings (SSSR count). The highest BCUT2D eigenvalue weighted by molar-refractivity contribution is 5.72. The highest BCUT2D eigenvalue weighted by Gasteiger charge is 2.33. The van der Waals surface area contributed by atoms with Crippen LogP contribution in [0.1, 0.15) is 18.2 Å². The number of halogens is 4. The van der Waals surface area contributed by atoms with Crippen molar-refractivity contribution in [3.05, 3.63) is 23.1 Å². The molecule has 0 amide bonds. The maximum atomic E-state index is 13.4. The number of hydrogen-bond donors (Lipinski definition) is 1. The second-order valence-corrected chi connectivity index (χ2v) is 3.61. The Labute approximate surface area is 111 Å². The zero-order valence-corrected chi connectivity index (χ0v) is 10.5. The molecule has 1 aromatic heterocycles. The first-order valence-corrected chi connectivity index (χ1v) is 5.56. The minimum Gasteiger partial charge on any atom is -0.466 e. The van der Waals surface area contributed by atoms with Crippen LogP contribution in [0.25, 0.3) is 0 Å². The zero-order chi connectivity index (χ0) is 15.3. The third-order valence-electron chi connectivity index (χ3n) is 2.16. The van der Waals surface area contributed by atoms with Crippen molar-refractivity contribution in [2.45, 2.75) is 26.3 Å². The molecule has 1 heterocycles. The van der Waals surface area contributed by atoms with Crippen LogP contribution in [0.15, 0.2) is 6.07 Å². The lowest BCUT2D eigenvalue weighted by Crippen LogP contribution is -2.20. The van der Waals surface area contributed by atoms with Crippen molar-refractivity contribution in [1.82, 2.24) is 4.98 Å². The molecule has 0 radical (unpaired) electrons. The number of aromatic nitrogens is 1. The predicted octanol–water partition coefficient (Wildman–Crippen LogP) is 1.68. The summed E-state index contributed by atoms with van der Waals surface area (Å²) in [6, 6.07) is 0.753. The summed E-state index contributed by atoms with van der Waals surface area (Å²) in [6.45, 7) is 1.48. The van der Waals surface area contributed by atoms with Crippen molar-refractivity contribution in [3.8, 4) is 5.88 Å². The number of carbonyl (C=O) groups is 1. The summed E-state index contributed by atoms with van der Waals surface area (Å²) >= 11 is 0. The van der Waals surface area contributed by atoms with E-state index in [0.29, 0.717) is 0 Å². The molecule has 0 saturated carbocycles. The minimum absolute atomic E-state index is 0.101. The largest absolute Gasteiger partial charge is 0.574 e. The Balaban J connectivity index is 3.08. The monoisotopic (exact) mass is 296 g/mol. The van der Waals surface area contributed by atoms with Crippen LogP contribution >= 0.6 is 0 Å². The van der Waals surface area contributed by atoms with Crippen LogP contribution in [0, 0.1) is 5.82 Å². The molecule has 0 aliphatic heterocycles. The van der Waals surface area contributed by atoms with Gasteiger partial charge in [-0.05, 0) is 18.6 Å². The molecule has 5 nitrogen and oxygen atoms in total. The van der Waals surface area contributed by atoms with Gasteiger partial charge < -0.3 is 15.2 Å². The van der Waals surface area contributed by atoms with Gasteiger partial charge in [0.15, 0.2) is 5.82 Å². The van der Waals surface area contributed by atoms with Crippen LogP contribution in [0.3, 0.4) is 0 Å². The first-order chi connectivity index (χ1) is 9.26. The highest BCUT2D eigenvalue weighted by Crippen LogP contribution is 2.25. The van der Waals surface area contributed by atoms with Crippen LogP contribution in [-0.4, -0.2) is 23.9 Å². The molecule has 0 aromatic carbocycles. The SMILES string of the molecule is CCOC(=O)Cc1nc(OC(F)(F)F)c(F)cc1CN. The normalized spacial score (nSPS) is 11.3. The van der Waals surface area contributed by atoms with E-state index < -0.39 is 30.4 Å². The maximum Gasteiger partial charge on any atom is 0.574 e. The average Bonchev–Trinajstić information content (AvgIpc) is 2.31. The summed E-state index contributed by atoms with van der Waals surface area (Å²) in [7, 11) is 0. The lowest BCUT2D eigenvalue weighted by atomic mass is 10.1. The van der Waals surface area contributed by atoms with Gasteiger partial charge in [-0.2, -0.15) is 0 Å². The molecular formula is C11H12F4N2O3. The fraction of sp³-hybridized carbons (Fsp3) is 0.455. The summed E-state index contributed by atoms with van der Waals surface area (Å²) in [5, 5.41) is 0. The molecule has 0 aliphatic carbocycles. The molecule has 0 atom stereocenters. The van der Waals surface area contributed by atoms with Gasteiger partial charge in [-0.15, -0.1) is 13.2 Å². The van der Waals surface area contributed by atoms with Gasteiger partial charge in [0.05, 0.1) is 18.7 Å². The number of esters is 1. The number of alkyl halides is 3. The molecule has 0 unspecified atom stereocenters. The highest BCUT2D eigenvalue weighted by atomic mass is 19.4. The Morgan fingerprint density at radius 3 is 2.60 bits per heavy atom. The van der Waals surface area contributed by atoms with Crippen LogP contribution in [0.4, 0.5) is 17.6 Å². The van der Waals surface area contributed by atoms with Gasteiger partial charge in [0.2, 0.25) is 0 Å². The maximum absolute atomic E-state index is 13.4. The van der Waals surface area contributed by atoms with E-state index in [1.54, 1.807) is 6.92 Å². The Morgan fingerprint density at radius 1 is 1.45 bits per heavy atom. The topological polar surface area (TPSA) is 74.4 Å². The summed E-state index contributed by atoms with van der Waals surface area (Å²) in [4.78, 5) is 14.7. The average molecular weight is 296 g/mol. The Hall–Kier alpha value is -1.90. The fourth-order valence-corrected chi connectivity index (χ4v) is 1.41. The Kier molecular flexibility index (Phi) is 5.26. The standard InChI is InChI=1S/C11H12F4N2O3/c1-2-19-9(18)4-8-6(5-16)3-7(12)10(17-8)20-11(13,14)15/h3H,2,4-5,16H2,1H3. The van der Waals surface area contributed by atoms with Gasteiger partial charge in [-0.1, -0.05) is 0 Å². The van der Waals surface area contributed by atoms with E-state index in [-0.39, 0.29) is 24.4 Å². The smallest absolute Gasteiger partial charge is 0.466 e. The molecule has 0 bridgehead atoms. The van der Waals surface area contributed by atoms with Gasteiger partial charge in [0.25, 0.3) is 5.88 Å². The molecule has 0 spiro atoms. The van der Waals surface area contributed by atoms with E-state index >= 15 is 0 Å². The number of rotatable bonds is 5. The zero-order valence-electron chi connectivity index (χ0n) is 10.5. The second-order valence-electron chi connectivity index (χ2n) is 3.61. The second kappa shape index (κ2) is 6.51. The van der Waals surface area contributed by atoms with Crippen LogP contribution < -0.4 is 10.5 Å². The number of hydrogen-bond acceptors (Lipinski definition) is 5. The van der Waals surface area contributed by atoms with E-state index in [1.807, 2.05) is 0 Å². The van der Waals surface area contributed by atoms with Gasteiger partial charge in [0, 0.05) is 6.54 Å². The first-order valence-electron chi connectivity index (χ1n) is 5.56. The van der Waals surface area contributed by atoms with Crippen molar-refractivity contribution in [2.24, 2.45) is 5.73 Å². The van der Waals surface area contributed by atoms with E-state index in [2.05, 4.69) is 14.5 Å². The predicted molar refractivity (Wildman–Crippen MR) is 59.1 cm³/mol. The number of pyridine rings is 1. The first kappa shape index (κ1) is 16.2. The Morgan fingerprint density at radius 2 is 2.10 bits per heavy atom. The van der Waals surface area contributed by atoms with Gasteiger partial charge in [-0.3, -0.25) is 4.79 Å². The quantitative estimate of drug-likeness (QED) is 0.661. The third-order valence-corrected chi connectivity index (χ3v) is 2.16. The lowest BCUT2D eigenvalue weighted by Gasteiger charge is -2.12. The van der Waals surface area contributed by atoms with E-state index in [9.17, 15) is 22.4 Å². The van der Waals surface area contributed by atoms with E-state index in [1.165, 1.54) is 0 Å². The van der Waals surface area contributed by atoms with E-state index in [0.717, 1.165) is 6.07 Å². The van der Waals surface area contributed by atoms with E-state index in [4.69, 9.17) is 5.73 Å². The van der Waals surface area contributed by atoms with Crippen molar-refractivity contribution in [2.75, 3.05) is 6.61 Å². The van der Waals surface area contributed by atoms with Crippen LogP contribution in [0.2, 0.25) is 0 Å². The summed E-state index contributed by atoms with van der Waals surface area (Å²) in [6.07, 6.45) is -5.51. The number of carbonyl (C=O) groups excluding carboxylic acids is 1. The van der Waals surface area contributed by atoms with Gasteiger partial charge in [-0.25, -0.2) is 9.37 Å². The lowest BCUT2D eigenvalue weighted by molar-refractivity contribution is -0.277. The fourth-order valence-electron chi connectivity index (χ4n) is 1.41. The summed E-state index contributed by atoms with van der Waals surface area (Å²) in [5.74, 6) is -3.27. The summed E-state index contributed by atoms with van der Waals surface area (Å²) < 4.78 is 57.7. The molecule has 2 N–H and O–H groups in total. The van der Waals surface area contributed by atoms with Crippen LogP contribution in [-0.2, 0) is 22.5 Å². The van der Waals surface area contributed by atoms with Crippen LogP contribution in [0.5, 0.6) is 5.88 Å². The molecule has 0 aliphatic rings. The van der Waals surface area contributed by atoms with Gasteiger partial charge in [0.1, 0.15) is 0 Å². The van der Waals surface area contributed by atoms with Gasteiger partial charge >= 0.3 is 12.3 Å². The minimum atomic E-state index is -5.08. The van der Waals surface area contributed by atoms with Crippen molar-refractivity contribution < 1.29 is 31.8 Å². The number of nitrogens with two attached hydrogens (primary N) is 1. The van der Waals surface area contributed by atoms with Crippen molar-refractivity contribution in [1.29, 1.82) is 0 Å². The molecule has 0 saturated heterocycles. The Bertz CT molecular complexity index is 491. The molecule has 0 fully saturated rings. The summed E-state index contributed by atoms with van der Waals surface area (Å²) in [5.41, 5.74) is 5.31. The molecule has 9 heteroatoms. The van der Waals surface area contributed by atoms with Crippen molar-refractivity contribution in [3.63, 3.8) is 0 Å². The molecule has 20 heavy (non-hydrogen) atoms. The van der Waals surface area contributed by atoms with Crippen molar-refractivity contribution >= 4 is 5.97 Å². The third kappa shape index (κ3) is 4.65. The molecule has 112 valence electrons. The molecule has 1 aromatic rings. The number of ether oxygens (including phenoxy) is 2. The molecular weight excluding hydrogens is 284 g/mol. The number of nitrogens with zero attached hydrogens (tertiary/aromatic N) is 1.